The van der Waals surface area contributed by atoms with Gasteiger partial charge in [-0.05, 0) is 6.92 Å². The van der Waals surface area contributed by atoms with Crippen LogP contribution in [-0.4, -0.2) is 16.2 Å². The van der Waals surface area contributed by atoms with Crippen molar-refractivity contribution < 1.29 is 14.3 Å². The van der Waals surface area contributed by atoms with Crippen molar-refractivity contribution >= 4 is 17.6 Å². The van der Waals surface area contributed by atoms with Crippen LogP contribution in [0.4, 0.5) is 4.39 Å². The van der Waals surface area contributed by atoms with E-state index in [1.54, 1.807) is 13.0 Å². The summed E-state index contributed by atoms with van der Waals surface area (Å²) in [6.45, 7) is 1.66. The molecule has 0 radical (unpaired) electrons. The van der Waals surface area contributed by atoms with Gasteiger partial charge in [-0.2, -0.15) is 0 Å². The van der Waals surface area contributed by atoms with Gasteiger partial charge in [0.1, 0.15) is 0 Å². The minimum absolute atomic E-state index is 0.305. The number of rotatable bonds is 3. The second kappa shape index (κ2) is 3.56. The molecule has 1 unspecified atom stereocenters. The van der Waals surface area contributed by atoms with E-state index in [1.165, 1.54) is 6.08 Å². The van der Waals surface area contributed by atoms with Crippen molar-refractivity contribution in [1.82, 2.24) is 0 Å². The molecule has 0 fully saturated rings. The number of hydrogen-bond donors (Lipinski definition) is 1. The zero-order valence-electron chi connectivity index (χ0n) is 5.47. The Hall–Kier alpha value is -0.570. The molecule has 0 aliphatic heterocycles. The Balaban J connectivity index is 3.99. The zero-order valence-corrected chi connectivity index (χ0v) is 6.23. The third-order valence-electron chi connectivity index (χ3n) is 0.923. The number of hydrogen-bond acceptors (Lipinski definition) is 1. The maximum Gasteiger partial charge on any atom is 0.357 e. The lowest BCUT2D eigenvalue weighted by Gasteiger charge is -2.07. The molecule has 4 heteroatoms. The maximum atomic E-state index is 12.5. The molecular formula is C6H8ClFO2. The Morgan fingerprint density at radius 2 is 2.40 bits per heavy atom. The van der Waals surface area contributed by atoms with E-state index in [9.17, 15) is 9.18 Å². The number of carboxylic acid groups (broad SMARTS) is 1. The van der Waals surface area contributed by atoms with Crippen LogP contribution in [0.3, 0.4) is 0 Å². The number of carboxylic acids is 1. The minimum Gasteiger partial charge on any atom is -0.478 e. The molecule has 0 aliphatic rings. The van der Waals surface area contributed by atoms with E-state index < -0.39 is 11.1 Å². The first kappa shape index (κ1) is 9.43. The summed E-state index contributed by atoms with van der Waals surface area (Å²) in [4.78, 5) is 9.99. The lowest BCUT2D eigenvalue weighted by molar-refractivity contribution is -0.145. The lowest BCUT2D eigenvalue weighted by atomic mass is 10.2. The van der Waals surface area contributed by atoms with Crippen LogP contribution in [0.2, 0.25) is 0 Å². The fourth-order valence-corrected chi connectivity index (χ4v) is 0.442. The predicted molar refractivity (Wildman–Crippen MR) is 36.8 cm³/mol. The zero-order chi connectivity index (χ0) is 8.20. The van der Waals surface area contributed by atoms with E-state index in [4.69, 9.17) is 16.7 Å². The quantitative estimate of drug-likeness (QED) is 0.514. The van der Waals surface area contributed by atoms with Crippen molar-refractivity contribution in [3.05, 3.63) is 12.2 Å². The summed E-state index contributed by atoms with van der Waals surface area (Å²) in [7, 11) is 0. The van der Waals surface area contributed by atoms with Crippen LogP contribution < -0.4 is 0 Å². The van der Waals surface area contributed by atoms with E-state index in [2.05, 4.69) is 0 Å². The van der Waals surface area contributed by atoms with Gasteiger partial charge in [-0.15, -0.1) is 0 Å². The summed E-state index contributed by atoms with van der Waals surface area (Å²) in [6, 6.07) is 0. The first-order valence-electron chi connectivity index (χ1n) is 2.73. The summed E-state index contributed by atoms with van der Waals surface area (Å²) >= 11 is 4.93. The standard InChI is InChI=1S/C6H8ClFO2/c1-2-3-4-6(7,8)5(9)10/h2-3H,4H2,1H3,(H,9,10)/b3-2+. The normalized spacial score (nSPS) is 17.1. The Morgan fingerprint density at radius 3 is 2.70 bits per heavy atom. The number of allylic oxidation sites excluding steroid dienone is 2. The summed E-state index contributed by atoms with van der Waals surface area (Å²) in [5, 5.41) is 5.48. The molecule has 2 nitrogen and oxygen atoms in total. The van der Waals surface area contributed by atoms with Crippen LogP contribution in [0.1, 0.15) is 13.3 Å². The van der Waals surface area contributed by atoms with Crippen molar-refractivity contribution in [2.45, 2.75) is 18.5 Å². The molecule has 0 saturated carbocycles. The minimum atomic E-state index is -2.65. The van der Waals surface area contributed by atoms with Crippen molar-refractivity contribution in [3.8, 4) is 0 Å². The third-order valence-corrected chi connectivity index (χ3v) is 1.24. The largest absolute Gasteiger partial charge is 0.478 e. The molecule has 0 aromatic rings. The van der Waals surface area contributed by atoms with Gasteiger partial charge in [-0.1, -0.05) is 23.8 Å². The van der Waals surface area contributed by atoms with Crippen LogP contribution in [0.5, 0.6) is 0 Å². The van der Waals surface area contributed by atoms with Gasteiger partial charge in [0.15, 0.2) is 0 Å². The Morgan fingerprint density at radius 1 is 1.90 bits per heavy atom. The molecule has 1 atom stereocenters. The first-order chi connectivity index (χ1) is 4.50. The molecule has 0 aromatic carbocycles. The molecule has 58 valence electrons. The fourth-order valence-electron chi connectivity index (χ4n) is 0.353. The van der Waals surface area contributed by atoms with Crippen molar-refractivity contribution in [2.75, 3.05) is 0 Å². The number of carbonyl (C=O) groups is 1. The SMILES string of the molecule is C/C=C/CC(F)(Cl)C(=O)O. The van der Waals surface area contributed by atoms with Crippen LogP contribution >= 0.6 is 11.6 Å². The van der Waals surface area contributed by atoms with E-state index in [-0.39, 0.29) is 6.42 Å². The number of halogens is 2. The monoisotopic (exact) mass is 166 g/mol. The van der Waals surface area contributed by atoms with E-state index in [1.807, 2.05) is 0 Å². The van der Waals surface area contributed by atoms with Gasteiger partial charge in [-0.3, -0.25) is 0 Å². The summed E-state index contributed by atoms with van der Waals surface area (Å²) in [6.07, 6.45) is 2.60. The predicted octanol–water partition coefficient (Wildman–Crippen LogP) is 1.94. The highest BCUT2D eigenvalue weighted by atomic mass is 35.5. The van der Waals surface area contributed by atoms with Crippen molar-refractivity contribution in [1.29, 1.82) is 0 Å². The maximum absolute atomic E-state index is 12.5. The Labute approximate surface area is 63.3 Å². The van der Waals surface area contributed by atoms with Crippen LogP contribution in [0, 0.1) is 0 Å². The third kappa shape index (κ3) is 2.82. The highest BCUT2D eigenvalue weighted by Gasteiger charge is 2.34. The summed E-state index contributed by atoms with van der Waals surface area (Å²) in [5.74, 6) is -1.65. The molecular weight excluding hydrogens is 159 g/mol. The van der Waals surface area contributed by atoms with Gasteiger partial charge in [-0.25, -0.2) is 9.18 Å². The highest BCUT2D eigenvalue weighted by Crippen LogP contribution is 2.22. The molecule has 0 heterocycles. The smallest absolute Gasteiger partial charge is 0.357 e. The molecule has 0 aromatic heterocycles. The lowest BCUT2D eigenvalue weighted by Crippen LogP contribution is -2.25. The second-order valence-corrected chi connectivity index (χ2v) is 2.38. The van der Waals surface area contributed by atoms with Crippen LogP contribution in [0.15, 0.2) is 12.2 Å². The summed E-state index contributed by atoms with van der Waals surface area (Å²) < 4.78 is 12.5. The van der Waals surface area contributed by atoms with Crippen LogP contribution in [-0.2, 0) is 4.79 Å². The van der Waals surface area contributed by atoms with Gasteiger partial charge in [0.25, 0.3) is 5.13 Å². The molecule has 0 bridgehead atoms. The Bertz CT molecular complexity index is 154. The molecule has 0 amide bonds. The van der Waals surface area contributed by atoms with Gasteiger partial charge in [0.2, 0.25) is 0 Å². The molecule has 10 heavy (non-hydrogen) atoms. The average molecular weight is 167 g/mol. The van der Waals surface area contributed by atoms with Crippen molar-refractivity contribution in [3.63, 3.8) is 0 Å². The molecule has 0 spiro atoms. The van der Waals surface area contributed by atoms with Gasteiger partial charge >= 0.3 is 5.97 Å². The van der Waals surface area contributed by atoms with Crippen molar-refractivity contribution in [2.24, 2.45) is 0 Å². The van der Waals surface area contributed by atoms with E-state index in [0.29, 0.717) is 0 Å². The van der Waals surface area contributed by atoms with E-state index >= 15 is 0 Å². The number of aliphatic carboxylic acids is 1. The Kier molecular flexibility index (Phi) is 3.36. The molecule has 0 rings (SSSR count). The van der Waals surface area contributed by atoms with E-state index in [0.717, 1.165) is 0 Å². The first-order valence-corrected chi connectivity index (χ1v) is 3.11. The van der Waals surface area contributed by atoms with Gasteiger partial charge in [0.05, 0.1) is 0 Å². The van der Waals surface area contributed by atoms with Gasteiger partial charge < -0.3 is 5.11 Å². The molecule has 1 N–H and O–H groups in total. The fraction of sp³-hybridized carbons (Fsp3) is 0.500. The molecule has 0 aliphatic carbocycles. The topological polar surface area (TPSA) is 37.3 Å². The average Bonchev–Trinajstić information content (AvgIpc) is 1.84. The second-order valence-electron chi connectivity index (χ2n) is 1.78. The van der Waals surface area contributed by atoms with Crippen LogP contribution in [0.25, 0.3) is 0 Å². The number of alkyl halides is 2. The highest BCUT2D eigenvalue weighted by molar-refractivity contribution is 6.32. The van der Waals surface area contributed by atoms with Gasteiger partial charge in [0, 0.05) is 6.42 Å². The molecule has 0 saturated heterocycles. The summed E-state index contributed by atoms with van der Waals surface area (Å²) in [5.41, 5.74) is 0.